The number of hydrogen-bond donors (Lipinski definition) is 1. The Balaban J connectivity index is 2.08. The van der Waals surface area contributed by atoms with Gasteiger partial charge < -0.3 is 14.4 Å². The van der Waals surface area contributed by atoms with Crippen molar-refractivity contribution in [2.45, 2.75) is 19.9 Å². The lowest BCUT2D eigenvalue weighted by Gasteiger charge is -2.13. The molecule has 0 aliphatic carbocycles. The summed E-state index contributed by atoms with van der Waals surface area (Å²) in [7, 11) is 1.64. The minimum atomic E-state index is -0.946. The van der Waals surface area contributed by atoms with E-state index in [1.54, 1.807) is 7.11 Å². The Morgan fingerprint density at radius 3 is 2.58 bits per heavy atom. The van der Waals surface area contributed by atoms with Crippen LogP contribution in [0.1, 0.15) is 16.8 Å². The van der Waals surface area contributed by atoms with Gasteiger partial charge in [-0.1, -0.05) is 54.1 Å². The van der Waals surface area contributed by atoms with Crippen molar-refractivity contribution in [3.05, 3.63) is 70.5 Å². The molecule has 0 fully saturated rings. The van der Waals surface area contributed by atoms with Crippen LogP contribution >= 0.6 is 11.6 Å². The van der Waals surface area contributed by atoms with E-state index in [-0.39, 0.29) is 11.6 Å². The SMILES string of the molecule is COc1ccc(Cn2c(-c3ccccc3)nc(Cl)c2CC(=O)O)cc1C. The first kappa shape index (κ1) is 18.0. The number of carboxylic acid groups (broad SMARTS) is 1. The van der Waals surface area contributed by atoms with Crippen molar-refractivity contribution in [2.24, 2.45) is 0 Å². The number of rotatable bonds is 6. The van der Waals surface area contributed by atoms with Crippen molar-refractivity contribution in [1.29, 1.82) is 0 Å². The summed E-state index contributed by atoms with van der Waals surface area (Å²) in [5.74, 6) is 0.519. The Morgan fingerprint density at radius 1 is 1.23 bits per heavy atom. The third kappa shape index (κ3) is 3.73. The predicted octanol–water partition coefficient (Wildman–Crippen LogP) is 4.20. The van der Waals surface area contributed by atoms with Crippen molar-refractivity contribution < 1.29 is 14.6 Å². The second-order valence-corrected chi connectivity index (χ2v) is 6.36. The number of aliphatic carboxylic acids is 1. The number of ether oxygens (including phenoxy) is 1. The van der Waals surface area contributed by atoms with E-state index in [0.29, 0.717) is 18.1 Å². The second kappa shape index (κ2) is 7.62. The molecule has 0 atom stereocenters. The number of imidazole rings is 1. The number of halogens is 1. The molecule has 0 aliphatic heterocycles. The topological polar surface area (TPSA) is 64.4 Å². The smallest absolute Gasteiger partial charge is 0.309 e. The van der Waals surface area contributed by atoms with Crippen molar-refractivity contribution in [3.63, 3.8) is 0 Å². The maximum absolute atomic E-state index is 11.3. The Labute approximate surface area is 156 Å². The van der Waals surface area contributed by atoms with E-state index in [4.69, 9.17) is 16.3 Å². The van der Waals surface area contributed by atoms with Gasteiger partial charge in [-0.05, 0) is 24.1 Å². The molecule has 0 saturated heterocycles. The zero-order valence-corrected chi connectivity index (χ0v) is 15.3. The van der Waals surface area contributed by atoms with Crippen LogP contribution in [0.25, 0.3) is 11.4 Å². The van der Waals surface area contributed by atoms with Crippen LogP contribution in [0.2, 0.25) is 5.15 Å². The van der Waals surface area contributed by atoms with E-state index in [1.807, 2.05) is 60.0 Å². The molecule has 3 aromatic rings. The second-order valence-electron chi connectivity index (χ2n) is 6.00. The Kier molecular flexibility index (Phi) is 5.28. The molecule has 0 unspecified atom stereocenters. The monoisotopic (exact) mass is 370 g/mol. The molecule has 134 valence electrons. The van der Waals surface area contributed by atoms with Crippen LogP contribution < -0.4 is 4.74 Å². The lowest BCUT2D eigenvalue weighted by Crippen LogP contribution is -2.11. The molecule has 1 heterocycles. The molecule has 2 aromatic carbocycles. The van der Waals surface area contributed by atoms with E-state index in [2.05, 4.69) is 4.98 Å². The third-order valence-electron chi connectivity index (χ3n) is 4.17. The molecule has 0 radical (unpaired) electrons. The largest absolute Gasteiger partial charge is 0.496 e. The summed E-state index contributed by atoms with van der Waals surface area (Å²) in [6, 6.07) is 15.5. The third-order valence-corrected chi connectivity index (χ3v) is 4.48. The zero-order chi connectivity index (χ0) is 18.7. The summed E-state index contributed by atoms with van der Waals surface area (Å²) in [4.78, 5) is 15.7. The molecular formula is C20H19ClN2O3. The van der Waals surface area contributed by atoms with Crippen LogP contribution in [0.3, 0.4) is 0 Å². The van der Waals surface area contributed by atoms with Gasteiger partial charge in [-0.15, -0.1) is 0 Å². The lowest BCUT2D eigenvalue weighted by molar-refractivity contribution is -0.136. The fraction of sp³-hybridized carbons (Fsp3) is 0.200. The van der Waals surface area contributed by atoms with Gasteiger partial charge in [-0.3, -0.25) is 4.79 Å². The summed E-state index contributed by atoms with van der Waals surface area (Å²) in [6.45, 7) is 2.44. The van der Waals surface area contributed by atoms with Crippen molar-refractivity contribution in [2.75, 3.05) is 7.11 Å². The predicted molar refractivity (Wildman–Crippen MR) is 101 cm³/mol. The van der Waals surface area contributed by atoms with Crippen molar-refractivity contribution >= 4 is 17.6 Å². The van der Waals surface area contributed by atoms with Crippen LogP contribution in [0.5, 0.6) is 5.75 Å². The van der Waals surface area contributed by atoms with E-state index in [0.717, 1.165) is 22.4 Å². The van der Waals surface area contributed by atoms with Crippen molar-refractivity contribution in [1.82, 2.24) is 9.55 Å². The molecule has 0 bridgehead atoms. The summed E-state index contributed by atoms with van der Waals surface area (Å²) in [6.07, 6.45) is -0.187. The maximum atomic E-state index is 11.3. The number of carbonyl (C=O) groups is 1. The van der Waals surface area contributed by atoms with Crippen LogP contribution in [-0.4, -0.2) is 27.7 Å². The highest BCUT2D eigenvalue weighted by Gasteiger charge is 2.19. The first-order chi connectivity index (χ1) is 12.5. The minimum Gasteiger partial charge on any atom is -0.496 e. The first-order valence-electron chi connectivity index (χ1n) is 8.15. The average molecular weight is 371 g/mol. The van der Waals surface area contributed by atoms with Gasteiger partial charge in [0.1, 0.15) is 11.6 Å². The molecule has 5 nitrogen and oxygen atoms in total. The highest BCUT2D eigenvalue weighted by atomic mass is 35.5. The Bertz CT molecular complexity index is 936. The molecule has 6 heteroatoms. The number of benzene rings is 2. The Hall–Kier alpha value is -2.79. The van der Waals surface area contributed by atoms with Crippen molar-refractivity contribution in [3.8, 4) is 17.1 Å². The van der Waals surface area contributed by atoms with Gasteiger partial charge in [0.2, 0.25) is 0 Å². The van der Waals surface area contributed by atoms with Gasteiger partial charge in [0, 0.05) is 12.1 Å². The molecular weight excluding hydrogens is 352 g/mol. The summed E-state index contributed by atoms with van der Waals surface area (Å²) in [5.41, 5.74) is 3.40. The van der Waals surface area contributed by atoms with Crippen LogP contribution in [0.15, 0.2) is 48.5 Å². The van der Waals surface area contributed by atoms with E-state index in [1.165, 1.54) is 0 Å². The molecule has 0 saturated carbocycles. The van der Waals surface area contributed by atoms with Gasteiger partial charge in [0.15, 0.2) is 5.15 Å². The van der Waals surface area contributed by atoms with E-state index >= 15 is 0 Å². The number of methoxy groups -OCH3 is 1. The molecule has 26 heavy (non-hydrogen) atoms. The fourth-order valence-electron chi connectivity index (χ4n) is 2.97. The number of aryl methyl sites for hydroxylation is 1. The number of carboxylic acids is 1. The molecule has 1 N–H and O–H groups in total. The van der Waals surface area contributed by atoms with Crippen LogP contribution in [0.4, 0.5) is 0 Å². The van der Waals surface area contributed by atoms with E-state index in [9.17, 15) is 9.90 Å². The molecule has 0 aliphatic rings. The van der Waals surface area contributed by atoms with Crippen LogP contribution in [0, 0.1) is 6.92 Å². The minimum absolute atomic E-state index is 0.187. The quantitative estimate of drug-likeness (QED) is 0.706. The summed E-state index contributed by atoms with van der Waals surface area (Å²) in [5, 5.41) is 9.48. The molecule has 0 spiro atoms. The molecule has 1 aromatic heterocycles. The highest BCUT2D eigenvalue weighted by Crippen LogP contribution is 2.28. The first-order valence-corrected chi connectivity index (χ1v) is 8.53. The average Bonchev–Trinajstić information content (AvgIpc) is 2.91. The van der Waals surface area contributed by atoms with Gasteiger partial charge in [0.05, 0.1) is 19.2 Å². The number of hydrogen-bond acceptors (Lipinski definition) is 3. The highest BCUT2D eigenvalue weighted by molar-refractivity contribution is 6.30. The number of aromatic nitrogens is 2. The normalized spacial score (nSPS) is 10.7. The van der Waals surface area contributed by atoms with Gasteiger partial charge in [-0.25, -0.2) is 4.98 Å². The van der Waals surface area contributed by atoms with Gasteiger partial charge >= 0.3 is 5.97 Å². The van der Waals surface area contributed by atoms with Gasteiger partial charge in [-0.2, -0.15) is 0 Å². The van der Waals surface area contributed by atoms with Gasteiger partial charge in [0.25, 0.3) is 0 Å². The number of nitrogens with zero attached hydrogens (tertiary/aromatic N) is 2. The molecule has 0 amide bonds. The standard InChI is InChI=1S/C20H19ClN2O3/c1-13-10-14(8-9-17(13)26-2)12-23-16(11-18(24)25)19(21)22-20(23)15-6-4-3-5-7-15/h3-10H,11-12H2,1-2H3,(H,24,25). The van der Waals surface area contributed by atoms with Crippen LogP contribution in [-0.2, 0) is 17.8 Å². The fourth-order valence-corrected chi connectivity index (χ4v) is 3.22. The lowest BCUT2D eigenvalue weighted by atomic mass is 10.1. The Morgan fingerprint density at radius 2 is 1.96 bits per heavy atom. The zero-order valence-electron chi connectivity index (χ0n) is 14.6. The molecule has 3 rings (SSSR count). The summed E-state index contributed by atoms with van der Waals surface area (Å²) < 4.78 is 7.17. The maximum Gasteiger partial charge on any atom is 0.309 e. The summed E-state index contributed by atoms with van der Waals surface area (Å²) >= 11 is 6.27. The van der Waals surface area contributed by atoms with E-state index < -0.39 is 5.97 Å².